The molecule has 1 amide bonds. The number of rotatable bonds is 4. The van der Waals surface area contributed by atoms with Gasteiger partial charge in [0, 0.05) is 54.9 Å². The number of likely N-dealkylation sites (tertiary alicyclic amines) is 1. The van der Waals surface area contributed by atoms with Crippen LogP contribution in [0.1, 0.15) is 29.6 Å². The maximum atomic E-state index is 12.5. The summed E-state index contributed by atoms with van der Waals surface area (Å²) in [5.41, 5.74) is 1.81. The Balaban J connectivity index is 1.29. The van der Waals surface area contributed by atoms with Gasteiger partial charge in [-0.15, -0.1) is 0 Å². The van der Waals surface area contributed by atoms with E-state index in [1.807, 2.05) is 30.5 Å². The highest BCUT2D eigenvalue weighted by Gasteiger charge is 2.24. The first-order valence-corrected chi connectivity index (χ1v) is 8.96. The first-order chi connectivity index (χ1) is 11.8. The van der Waals surface area contributed by atoms with Crippen LogP contribution in [0.3, 0.4) is 0 Å². The molecule has 2 aromatic rings. The fourth-order valence-corrected chi connectivity index (χ4v) is 3.82. The molecule has 1 aromatic heterocycles. The van der Waals surface area contributed by atoms with Crippen molar-refractivity contribution in [2.75, 3.05) is 32.8 Å². The van der Waals surface area contributed by atoms with Crippen LogP contribution in [0.25, 0.3) is 10.9 Å². The second-order valence-electron chi connectivity index (χ2n) is 7.06. The average Bonchev–Trinajstić information content (AvgIpc) is 3.27. The summed E-state index contributed by atoms with van der Waals surface area (Å²) in [5.74, 6) is 0.741. The van der Waals surface area contributed by atoms with Crippen molar-refractivity contribution in [1.82, 2.24) is 15.2 Å². The van der Waals surface area contributed by atoms with Crippen molar-refractivity contribution >= 4 is 16.8 Å². The van der Waals surface area contributed by atoms with Gasteiger partial charge in [0.2, 0.25) is 0 Å². The number of hydrogen-bond acceptors (Lipinski definition) is 3. The molecule has 2 N–H and O–H groups in total. The van der Waals surface area contributed by atoms with Crippen LogP contribution in [0.5, 0.6) is 0 Å². The van der Waals surface area contributed by atoms with Crippen LogP contribution < -0.4 is 5.32 Å². The molecule has 24 heavy (non-hydrogen) atoms. The molecule has 0 radical (unpaired) electrons. The van der Waals surface area contributed by atoms with Gasteiger partial charge in [-0.1, -0.05) is 0 Å². The highest BCUT2D eigenvalue weighted by molar-refractivity contribution is 5.98. The molecule has 5 nitrogen and oxygen atoms in total. The number of carbonyl (C=O) groups excluding carboxylic acids is 1. The summed E-state index contributed by atoms with van der Waals surface area (Å²) >= 11 is 0. The van der Waals surface area contributed by atoms with E-state index in [4.69, 9.17) is 4.74 Å². The summed E-state index contributed by atoms with van der Waals surface area (Å²) in [6, 6.07) is 8.10. The standard InChI is InChI=1S/C19H25N3O2/c23-19(16-1-2-18-15(11-16)3-7-20-18)21-17-4-8-22(9-5-17)12-14-6-10-24-13-14/h1-3,7,11,14,17,20H,4-6,8-10,12-13H2,(H,21,23)/t14-/m1/s1. The molecule has 2 aliphatic rings. The molecule has 0 saturated carbocycles. The van der Waals surface area contributed by atoms with Gasteiger partial charge < -0.3 is 19.9 Å². The molecule has 1 atom stereocenters. The summed E-state index contributed by atoms with van der Waals surface area (Å²) in [6.07, 6.45) is 5.16. The van der Waals surface area contributed by atoms with E-state index in [9.17, 15) is 4.79 Å². The average molecular weight is 327 g/mol. The SMILES string of the molecule is O=C(NC1CCN(C[C@H]2CCOC2)CC1)c1ccc2[nH]ccc2c1. The van der Waals surface area contributed by atoms with E-state index >= 15 is 0 Å². The van der Waals surface area contributed by atoms with E-state index in [1.54, 1.807) is 0 Å². The summed E-state index contributed by atoms with van der Waals surface area (Å²) in [4.78, 5) is 18.2. The normalized spacial score (nSPS) is 22.9. The Morgan fingerprint density at radius 3 is 2.92 bits per heavy atom. The molecule has 2 aliphatic heterocycles. The minimum atomic E-state index is 0.0424. The monoisotopic (exact) mass is 327 g/mol. The molecule has 2 saturated heterocycles. The van der Waals surface area contributed by atoms with Gasteiger partial charge in [-0.25, -0.2) is 0 Å². The lowest BCUT2D eigenvalue weighted by atomic mass is 10.0. The number of nitrogens with zero attached hydrogens (tertiary/aromatic N) is 1. The maximum Gasteiger partial charge on any atom is 0.251 e. The third kappa shape index (κ3) is 3.47. The number of hydrogen-bond donors (Lipinski definition) is 2. The first kappa shape index (κ1) is 15.7. The Morgan fingerprint density at radius 2 is 2.12 bits per heavy atom. The van der Waals surface area contributed by atoms with Crippen molar-refractivity contribution in [2.24, 2.45) is 5.92 Å². The maximum absolute atomic E-state index is 12.5. The molecule has 4 rings (SSSR count). The highest BCUT2D eigenvalue weighted by atomic mass is 16.5. The smallest absolute Gasteiger partial charge is 0.251 e. The van der Waals surface area contributed by atoms with E-state index in [2.05, 4.69) is 15.2 Å². The summed E-state index contributed by atoms with van der Waals surface area (Å²) in [5, 5.41) is 4.29. The number of H-pyrrole nitrogens is 1. The Morgan fingerprint density at radius 1 is 1.25 bits per heavy atom. The molecule has 0 bridgehead atoms. The Bertz CT molecular complexity index is 697. The Hall–Kier alpha value is -1.85. The molecular weight excluding hydrogens is 302 g/mol. The molecular formula is C19H25N3O2. The second kappa shape index (κ2) is 6.95. The second-order valence-corrected chi connectivity index (χ2v) is 7.06. The number of aromatic nitrogens is 1. The van der Waals surface area contributed by atoms with Gasteiger partial charge in [0.15, 0.2) is 0 Å². The van der Waals surface area contributed by atoms with E-state index in [-0.39, 0.29) is 11.9 Å². The molecule has 2 fully saturated rings. The van der Waals surface area contributed by atoms with Crippen LogP contribution in [0, 0.1) is 5.92 Å². The fourth-order valence-electron chi connectivity index (χ4n) is 3.82. The molecule has 128 valence electrons. The number of aromatic amines is 1. The van der Waals surface area contributed by atoms with E-state index in [0.717, 1.165) is 62.2 Å². The quantitative estimate of drug-likeness (QED) is 0.906. The molecule has 1 aromatic carbocycles. The predicted molar refractivity (Wildman–Crippen MR) is 94.2 cm³/mol. The lowest BCUT2D eigenvalue weighted by molar-refractivity contribution is 0.0903. The van der Waals surface area contributed by atoms with Gasteiger partial charge in [-0.2, -0.15) is 0 Å². The summed E-state index contributed by atoms with van der Waals surface area (Å²) in [7, 11) is 0. The minimum absolute atomic E-state index is 0.0424. The molecule has 0 spiro atoms. The molecule has 5 heteroatoms. The van der Waals surface area contributed by atoms with Crippen molar-refractivity contribution < 1.29 is 9.53 Å². The number of ether oxygens (including phenoxy) is 1. The molecule has 0 aliphatic carbocycles. The number of benzene rings is 1. The fraction of sp³-hybridized carbons (Fsp3) is 0.526. The zero-order valence-corrected chi connectivity index (χ0v) is 14.0. The lowest BCUT2D eigenvalue weighted by Crippen LogP contribution is -2.45. The van der Waals surface area contributed by atoms with Crippen LogP contribution in [0.15, 0.2) is 30.5 Å². The first-order valence-electron chi connectivity index (χ1n) is 8.96. The van der Waals surface area contributed by atoms with E-state index in [0.29, 0.717) is 5.92 Å². The highest BCUT2D eigenvalue weighted by Crippen LogP contribution is 2.19. The summed E-state index contributed by atoms with van der Waals surface area (Å²) < 4.78 is 5.46. The Kier molecular flexibility index (Phi) is 4.54. The van der Waals surface area contributed by atoms with E-state index < -0.39 is 0 Å². The van der Waals surface area contributed by atoms with Gasteiger partial charge in [-0.05, 0) is 49.4 Å². The zero-order valence-electron chi connectivity index (χ0n) is 14.0. The van der Waals surface area contributed by atoms with Gasteiger partial charge in [0.25, 0.3) is 5.91 Å². The van der Waals surface area contributed by atoms with Crippen LogP contribution in [0.2, 0.25) is 0 Å². The van der Waals surface area contributed by atoms with Crippen molar-refractivity contribution in [3.8, 4) is 0 Å². The zero-order chi connectivity index (χ0) is 16.4. The van der Waals surface area contributed by atoms with Gasteiger partial charge in [0.1, 0.15) is 0 Å². The van der Waals surface area contributed by atoms with E-state index in [1.165, 1.54) is 6.42 Å². The third-order valence-corrected chi connectivity index (χ3v) is 5.28. The molecule has 0 unspecified atom stereocenters. The number of fused-ring (bicyclic) bond motifs is 1. The molecule has 3 heterocycles. The number of nitrogens with one attached hydrogen (secondary N) is 2. The van der Waals surface area contributed by atoms with Crippen molar-refractivity contribution in [1.29, 1.82) is 0 Å². The largest absolute Gasteiger partial charge is 0.381 e. The Labute approximate surface area is 142 Å². The van der Waals surface area contributed by atoms with Crippen LogP contribution in [-0.2, 0) is 4.74 Å². The predicted octanol–water partition coefficient (Wildman–Crippen LogP) is 2.40. The topological polar surface area (TPSA) is 57.4 Å². The van der Waals surface area contributed by atoms with Crippen LogP contribution in [-0.4, -0.2) is 54.7 Å². The number of amides is 1. The van der Waals surface area contributed by atoms with Crippen LogP contribution >= 0.6 is 0 Å². The lowest BCUT2D eigenvalue weighted by Gasteiger charge is -2.33. The van der Waals surface area contributed by atoms with Gasteiger partial charge in [0.05, 0.1) is 6.61 Å². The van der Waals surface area contributed by atoms with Crippen molar-refractivity contribution in [2.45, 2.75) is 25.3 Å². The third-order valence-electron chi connectivity index (χ3n) is 5.28. The summed E-state index contributed by atoms with van der Waals surface area (Å²) in [6.45, 7) is 5.11. The van der Waals surface area contributed by atoms with Gasteiger partial charge in [-0.3, -0.25) is 4.79 Å². The van der Waals surface area contributed by atoms with Crippen LogP contribution in [0.4, 0.5) is 0 Å². The number of piperidine rings is 1. The van der Waals surface area contributed by atoms with Crippen molar-refractivity contribution in [3.63, 3.8) is 0 Å². The van der Waals surface area contributed by atoms with Crippen molar-refractivity contribution in [3.05, 3.63) is 36.0 Å². The minimum Gasteiger partial charge on any atom is -0.381 e. The van der Waals surface area contributed by atoms with Gasteiger partial charge >= 0.3 is 0 Å². The number of carbonyl (C=O) groups is 1.